The van der Waals surface area contributed by atoms with Crippen LogP contribution in [0.2, 0.25) is 0 Å². The van der Waals surface area contributed by atoms with Gasteiger partial charge in [0.2, 0.25) is 11.7 Å². The molecule has 0 aliphatic heterocycles. The largest absolute Gasteiger partial charge is 0.338 e. The normalized spacial score (nSPS) is 13.9. The van der Waals surface area contributed by atoms with Gasteiger partial charge in [-0.2, -0.15) is 10.1 Å². The van der Waals surface area contributed by atoms with E-state index in [9.17, 15) is 0 Å². The summed E-state index contributed by atoms with van der Waals surface area (Å²) in [6, 6.07) is 10.4. The highest BCUT2D eigenvalue weighted by Crippen LogP contribution is 2.19. The lowest BCUT2D eigenvalue weighted by Gasteiger charge is -2.20. The highest BCUT2D eigenvalue weighted by atomic mass is 16.5. The number of aryl methyl sites for hydroxylation is 1. The summed E-state index contributed by atoms with van der Waals surface area (Å²) in [5, 5.41) is 11.8. The number of aromatic nitrogens is 4. The summed E-state index contributed by atoms with van der Waals surface area (Å²) in [4.78, 5) is 4.47. The van der Waals surface area contributed by atoms with E-state index >= 15 is 0 Å². The van der Waals surface area contributed by atoms with Crippen LogP contribution in [0.15, 0.2) is 47.2 Å². The second-order valence-corrected chi connectivity index (χ2v) is 5.72. The molecule has 2 heterocycles. The van der Waals surface area contributed by atoms with Gasteiger partial charge in [0.15, 0.2) is 0 Å². The Bertz CT molecular complexity index is 750. The number of nitrogens with one attached hydrogen (secondary N) is 1. The van der Waals surface area contributed by atoms with Crippen LogP contribution in [0.1, 0.15) is 31.3 Å². The van der Waals surface area contributed by atoms with Crippen molar-refractivity contribution in [1.29, 1.82) is 0 Å². The van der Waals surface area contributed by atoms with E-state index in [0.29, 0.717) is 18.3 Å². The quantitative estimate of drug-likeness (QED) is 0.758. The van der Waals surface area contributed by atoms with E-state index in [2.05, 4.69) is 34.4 Å². The lowest BCUT2D eigenvalue weighted by atomic mass is 10.1. The van der Waals surface area contributed by atoms with Crippen LogP contribution in [0.5, 0.6) is 0 Å². The summed E-state index contributed by atoms with van der Waals surface area (Å²) in [7, 11) is 0. The molecule has 0 aliphatic rings. The number of rotatable bonds is 6. The van der Waals surface area contributed by atoms with Crippen molar-refractivity contribution in [1.82, 2.24) is 25.2 Å². The van der Waals surface area contributed by atoms with E-state index in [0.717, 1.165) is 11.1 Å². The van der Waals surface area contributed by atoms with E-state index in [-0.39, 0.29) is 12.1 Å². The van der Waals surface area contributed by atoms with Gasteiger partial charge in [-0.3, -0.25) is 4.68 Å². The SMILES string of the molecule is Cc1ccccc1-c1noc(CNC(C)C(C)n2cccn2)n1. The van der Waals surface area contributed by atoms with Gasteiger partial charge in [0.25, 0.3) is 0 Å². The predicted molar refractivity (Wildman–Crippen MR) is 87.7 cm³/mol. The van der Waals surface area contributed by atoms with Gasteiger partial charge in [0.05, 0.1) is 12.6 Å². The van der Waals surface area contributed by atoms with Crippen LogP contribution in [0.25, 0.3) is 11.4 Å². The summed E-state index contributed by atoms with van der Waals surface area (Å²) in [6.45, 7) is 6.81. The standard InChI is InChI=1S/C17H21N5O/c1-12-7-4-5-8-15(12)17-20-16(23-21-17)11-18-13(2)14(3)22-10-6-9-19-22/h4-10,13-14,18H,11H2,1-3H3. The third kappa shape index (κ3) is 3.48. The van der Waals surface area contributed by atoms with Gasteiger partial charge in [-0.15, -0.1) is 0 Å². The molecule has 0 fully saturated rings. The molecule has 2 unspecified atom stereocenters. The van der Waals surface area contributed by atoms with Crippen molar-refractivity contribution >= 4 is 0 Å². The molecule has 0 saturated carbocycles. The Morgan fingerprint density at radius 1 is 1.22 bits per heavy atom. The fourth-order valence-corrected chi connectivity index (χ4v) is 2.43. The van der Waals surface area contributed by atoms with Gasteiger partial charge < -0.3 is 9.84 Å². The highest BCUT2D eigenvalue weighted by molar-refractivity contribution is 5.58. The first-order valence-corrected chi connectivity index (χ1v) is 7.76. The molecule has 3 rings (SSSR count). The molecule has 3 aromatic rings. The van der Waals surface area contributed by atoms with E-state index in [1.807, 2.05) is 48.1 Å². The topological polar surface area (TPSA) is 68.8 Å². The summed E-state index contributed by atoms with van der Waals surface area (Å²) in [5.74, 6) is 1.22. The minimum Gasteiger partial charge on any atom is -0.338 e. The zero-order valence-electron chi connectivity index (χ0n) is 13.6. The number of benzene rings is 1. The fourth-order valence-electron chi connectivity index (χ4n) is 2.43. The first-order chi connectivity index (χ1) is 11.1. The summed E-state index contributed by atoms with van der Waals surface area (Å²) in [6.07, 6.45) is 3.75. The molecule has 120 valence electrons. The van der Waals surface area contributed by atoms with Crippen molar-refractivity contribution in [3.63, 3.8) is 0 Å². The molecule has 0 radical (unpaired) electrons. The molecular weight excluding hydrogens is 290 g/mol. The Labute approximate surface area is 135 Å². The Hall–Kier alpha value is -2.47. The van der Waals surface area contributed by atoms with Crippen molar-refractivity contribution in [2.45, 2.75) is 39.4 Å². The van der Waals surface area contributed by atoms with E-state index < -0.39 is 0 Å². The van der Waals surface area contributed by atoms with Gasteiger partial charge in [-0.05, 0) is 32.4 Å². The molecule has 6 heteroatoms. The first kappa shape index (κ1) is 15.4. The fraction of sp³-hybridized carbons (Fsp3) is 0.353. The lowest BCUT2D eigenvalue weighted by molar-refractivity contribution is 0.325. The highest BCUT2D eigenvalue weighted by Gasteiger charge is 2.16. The summed E-state index contributed by atoms with van der Waals surface area (Å²) >= 11 is 0. The maximum atomic E-state index is 5.35. The van der Waals surface area contributed by atoms with Crippen molar-refractivity contribution in [2.75, 3.05) is 0 Å². The van der Waals surface area contributed by atoms with Crippen LogP contribution < -0.4 is 5.32 Å². The van der Waals surface area contributed by atoms with E-state index in [1.165, 1.54) is 0 Å². The van der Waals surface area contributed by atoms with Crippen LogP contribution in [0.4, 0.5) is 0 Å². The average molecular weight is 311 g/mol. The van der Waals surface area contributed by atoms with Gasteiger partial charge in [0.1, 0.15) is 0 Å². The van der Waals surface area contributed by atoms with Crippen molar-refractivity contribution < 1.29 is 4.52 Å². The molecule has 23 heavy (non-hydrogen) atoms. The van der Waals surface area contributed by atoms with Crippen LogP contribution in [-0.2, 0) is 6.54 Å². The maximum Gasteiger partial charge on any atom is 0.240 e. The Morgan fingerprint density at radius 3 is 2.78 bits per heavy atom. The predicted octanol–water partition coefficient (Wildman–Crippen LogP) is 2.98. The third-order valence-electron chi connectivity index (χ3n) is 4.10. The van der Waals surface area contributed by atoms with Crippen LogP contribution in [0.3, 0.4) is 0 Å². The molecule has 0 bridgehead atoms. The molecule has 2 atom stereocenters. The van der Waals surface area contributed by atoms with Gasteiger partial charge in [-0.1, -0.05) is 29.4 Å². The Balaban J connectivity index is 1.62. The van der Waals surface area contributed by atoms with Gasteiger partial charge in [-0.25, -0.2) is 0 Å². The van der Waals surface area contributed by atoms with Crippen LogP contribution >= 0.6 is 0 Å². The van der Waals surface area contributed by atoms with Crippen molar-refractivity contribution in [3.8, 4) is 11.4 Å². The molecule has 1 N–H and O–H groups in total. The first-order valence-electron chi connectivity index (χ1n) is 7.76. The number of nitrogens with zero attached hydrogens (tertiary/aromatic N) is 4. The Morgan fingerprint density at radius 2 is 2.04 bits per heavy atom. The second-order valence-electron chi connectivity index (χ2n) is 5.72. The number of hydrogen-bond acceptors (Lipinski definition) is 5. The van der Waals surface area contributed by atoms with Gasteiger partial charge >= 0.3 is 0 Å². The molecule has 0 amide bonds. The molecule has 0 aliphatic carbocycles. The number of hydrogen-bond donors (Lipinski definition) is 1. The molecule has 6 nitrogen and oxygen atoms in total. The van der Waals surface area contributed by atoms with Crippen molar-refractivity contribution in [3.05, 3.63) is 54.2 Å². The molecular formula is C17H21N5O. The molecule has 1 aromatic carbocycles. The van der Waals surface area contributed by atoms with Gasteiger partial charge in [0, 0.05) is 24.0 Å². The monoisotopic (exact) mass is 311 g/mol. The lowest BCUT2D eigenvalue weighted by Crippen LogP contribution is -2.33. The Kier molecular flexibility index (Phi) is 4.52. The zero-order valence-corrected chi connectivity index (χ0v) is 13.6. The maximum absolute atomic E-state index is 5.35. The molecule has 0 spiro atoms. The average Bonchev–Trinajstić information content (AvgIpc) is 3.24. The summed E-state index contributed by atoms with van der Waals surface area (Å²) < 4.78 is 7.28. The second kappa shape index (κ2) is 6.75. The van der Waals surface area contributed by atoms with E-state index in [1.54, 1.807) is 6.20 Å². The zero-order chi connectivity index (χ0) is 16.2. The smallest absolute Gasteiger partial charge is 0.240 e. The molecule has 2 aromatic heterocycles. The third-order valence-corrected chi connectivity index (χ3v) is 4.10. The minimum atomic E-state index is 0.226. The van der Waals surface area contributed by atoms with Crippen molar-refractivity contribution in [2.24, 2.45) is 0 Å². The van der Waals surface area contributed by atoms with E-state index in [4.69, 9.17) is 4.52 Å². The van der Waals surface area contributed by atoms with Crippen LogP contribution in [0, 0.1) is 6.92 Å². The molecule has 0 saturated heterocycles. The van der Waals surface area contributed by atoms with Crippen LogP contribution in [-0.4, -0.2) is 26.0 Å². The minimum absolute atomic E-state index is 0.226. The summed E-state index contributed by atoms with van der Waals surface area (Å²) in [5.41, 5.74) is 2.13.